The van der Waals surface area contributed by atoms with Crippen LogP contribution in [0.4, 0.5) is 14.7 Å². The smallest absolute Gasteiger partial charge is 0.206 e. The van der Waals surface area contributed by atoms with Gasteiger partial charge in [-0.3, -0.25) is 4.57 Å². The van der Waals surface area contributed by atoms with Crippen LogP contribution < -0.4 is 10.5 Å². The van der Waals surface area contributed by atoms with Crippen LogP contribution >= 0.6 is 0 Å². The monoisotopic (exact) mass is 275 g/mol. The molecule has 102 valence electrons. The summed E-state index contributed by atoms with van der Waals surface area (Å²) in [6.07, 6.45) is 0. The first kappa shape index (κ1) is 12.4. The van der Waals surface area contributed by atoms with Gasteiger partial charge in [-0.2, -0.15) is 0 Å². The first-order valence-electron chi connectivity index (χ1n) is 5.88. The lowest BCUT2D eigenvalue weighted by Crippen LogP contribution is -2.03. The van der Waals surface area contributed by atoms with Crippen molar-refractivity contribution in [1.29, 1.82) is 0 Å². The second-order valence-corrected chi connectivity index (χ2v) is 4.23. The Morgan fingerprint density at radius 2 is 2.00 bits per heavy atom. The van der Waals surface area contributed by atoms with Crippen molar-refractivity contribution < 1.29 is 13.5 Å². The summed E-state index contributed by atoms with van der Waals surface area (Å²) < 4.78 is 33.6. The number of nitrogens with two attached hydrogens (primary N) is 1. The molecule has 0 saturated heterocycles. The van der Waals surface area contributed by atoms with E-state index in [1.807, 2.05) is 0 Å². The topological polar surface area (TPSA) is 53.1 Å². The SMILES string of the molecule is COc1cccc2c1nc(N)n2-c1ccc(F)cc1F. The van der Waals surface area contributed by atoms with Gasteiger partial charge in [0.25, 0.3) is 0 Å². The van der Waals surface area contributed by atoms with Crippen LogP contribution in [-0.2, 0) is 0 Å². The summed E-state index contributed by atoms with van der Waals surface area (Å²) >= 11 is 0. The summed E-state index contributed by atoms with van der Waals surface area (Å²) in [5.74, 6) is -0.712. The van der Waals surface area contributed by atoms with E-state index in [1.165, 1.54) is 23.8 Å². The number of aromatic nitrogens is 2. The Morgan fingerprint density at radius 1 is 1.20 bits per heavy atom. The number of hydrogen-bond donors (Lipinski definition) is 1. The lowest BCUT2D eigenvalue weighted by molar-refractivity contribution is 0.419. The van der Waals surface area contributed by atoms with Gasteiger partial charge in [-0.05, 0) is 24.3 Å². The fourth-order valence-electron chi connectivity index (χ4n) is 2.17. The van der Waals surface area contributed by atoms with Crippen molar-refractivity contribution in [1.82, 2.24) is 9.55 Å². The van der Waals surface area contributed by atoms with E-state index in [9.17, 15) is 8.78 Å². The van der Waals surface area contributed by atoms with Gasteiger partial charge in [-0.15, -0.1) is 0 Å². The molecule has 0 aliphatic rings. The lowest BCUT2D eigenvalue weighted by atomic mass is 10.2. The summed E-state index contributed by atoms with van der Waals surface area (Å²) in [6, 6.07) is 8.52. The van der Waals surface area contributed by atoms with Crippen molar-refractivity contribution >= 4 is 17.0 Å². The lowest BCUT2D eigenvalue weighted by Gasteiger charge is -2.08. The van der Waals surface area contributed by atoms with E-state index in [0.29, 0.717) is 16.8 Å². The molecule has 0 atom stereocenters. The highest BCUT2D eigenvalue weighted by molar-refractivity contribution is 5.86. The highest BCUT2D eigenvalue weighted by Crippen LogP contribution is 2.30. The van der Waals surface area contributed by atoms with Gasteiger partial charge in [-0.25, -0.2) is 13.8 Å². The molecule has 0 aliphatic heterocycles. The van der Waals surface area contributed by atoms with Gasteiger partial charge in [0.1, 0.15) is 22.9 Å². The third kappa shape index (κ3) is 1.77. The predicted octanol–water partition coefficient (Wildman–Crippen LogP) is 2.89. The average molecular weight is 275 g/mol. The molecule has 6 heteroatoms. The van der Waals surface area contributed by atoms with Crippen LogP contribution in [0.5, 0.6) is 5.75 Å². The Morgan fingerprint density at radius 3 is 2.70 bits per heavy atom. The maximum absolute atomic E-state index is 13.9. The van der Waals surface area contributed by atoms with E-state index in [0.717, 1.165) is 6.07 Å². The number of fused-ring (bicyclic) bond motifs is 1. The Kier molecular flexibility index (Phi) is 2.78. The molecule has 4 nitrogen and oxygen atoms in total. The molecule has 3 rings (SSSR count). The van der Waals surface area contributed by atoms with Crippen LogP contribution in [0.3, 0.4) is 0 Å². The predicted molar refractivity (Wildman–Crippen MR) is 72.0 cm³/mol. The molecule has 2 N–H and O–H groups in total. The summed E-state index contributed by atoms with van der Waals surface area (Å²) in [4.78, 5) is 4.18. The minimum absolute atomic E-state index is 0.106. The van der Waals surface area contributed by atoms with Crippen molar-refractivity contribution in [2.75, 3.05) is 12.8 Å². The van der Waals surface area contributed by atoms with Crippen LogP contribution in [0.1, 0.15) is 0 Å². The molecule has 0 aliphatic carbocycles. The zero-order chi connectivity index (χ0) is 14.3. The zero-order valence-corrected chi connectivity index (χ0v) is 10.6. The van der Waals surface area contributed by atoms with Crippen molar-refractivity contribution in [3.8, 4) is 11.4 Å². The minimum atomic E-state index is -0.709. The molecule has 0 fully saturated rings. The number of anilines is 1. The highest BCUT2D eigenvalue weighted by atomic mass is 19.1. The van der Waals surface area contributed by atoms with Gasteiger partial charge in [0, 0.05) is 6.07 Å². The first-order chi connectivity index (χ1) is 9.61. The van der Waals surface area contributed by atoms with Gasteiger partial charge >= 0.3 is 0 Å². The van der Waals surface area contributed by atoms with Crippen LogP contribution in [-0.4, -0.2) is 16.7 Å². The van der Waals surface area contributed by atoms with E-state index < -0.39 is 11.6 Å². The van der Waals surface area contributed by atoms with Crippen molar-refractivity contribution in [3.05, 3.63) is 48.0 Å². The Balaban J connectivity index is 2.34. The van der Waals surface area contributed by atoms with Crippen molar-refractivity contribution in [2.24, 2.45) is 0 Å². The molecule has 0 spiro atoms. The number of halogens is 2. The molecule has 0 amide bonds. The third-order valence-corrected chi connectivity index (χ3v) is 3.04. The Hall–Kier alpha value is -2.63. The molecule has 0 radical (unpaired) electrons. The molecule has 0 unspecified atom stereocenters. The zero-order valence-electron chi connectivity index (χ0n) is 10.6. The van der Waals surface area contributed by atoms with Gasteiger partial charge < -0.3 is 10.5 Å². The summed E-state index contributed by atoms with van der Waals surface area (Å²) in [5.41, 5.74) is 7.10. The number of methoxy groups -OCH3 is 1. The molecule has 2 aromatic carbocycles. The number of nitrogen functional groups attached to an aromatic ring is 1. The number of ether oxygens (including phenoxy) is 1. The second kappa shape index (κ2) is 4.48. The Labute approximate surface area is 113 Å². The van der Waals surface area contributed by atoms with Crippen LogP contribution in [0.25, 0.3) is 16.7 Å². The number of para-hydroxylation sites is 1. The van der Waals surface area contributed by atoms with Crippen molar-refractivity contribution in [2.45, 2.75) is 0 Å². The maximum Gasteiger partial charge on any atom is 0.206 e. The molecule has 0 saturated carbocycles. The largest absolute Gasteiger partial charge is 0.494 e. The molecular formula is C14H11F2N3O. The van der Waals surface area contributed by atoms with Crippen LogP contribution in [0.2, 0.25) is 0 Å². The molecule has 1 heterocycles. The Bertz CT molecular complexity index is 798. The van der Waals surface area contributed by atoms with E-state index in [1.54, 1.807) is 18.2 Å². The van der Waals surface area contributed by atoms with E-state index in [-0.39, 0.29) is 11.6 Å². The van der Waals surface area contributed by atoms with E-state index in [4.69, 9.17) is 10.5 Å². The average Bonchev–Trinajstić information content (AvgIpc) is 2.75. The number of nitrogens with zero attached hydrogens (tertiary/aromatic N) is 2. The van der Waals surface area contributed by atoms with E-state index in [2.05, 4.69) is 4.98 Å². The number of benzene rings is 2. The van der Waals surface area contributed by atoms with Crippen molar-refractivity contribution in [3.63, 3.8) is 0 Å². The number of rotatable bonds is 2. The van der Waals surface area contributed by atoms with Gasteiger partial charge in [-0.1, -0.05) is 6.07 Å². The van der Waals surface area contributed by atoms with Crippen LogP contribution in [0, 0.1) is 11.6 Å². The molecule has 1 aromatic heterocycles. The second-order valence-electron chi connectivity index (χ2n) is 4.23. The number of hydrogen-bond acceptors (Lipinski definition) is 3. The molecule has 3 aromatic rings. The summed E-state index contributed by atoms with van der Waals surface area (Å²) in [5, 5.41) is 0. The van der Waals surface area contributed by atoms with Crippen LogP contribution in [0.15, 0.2) is 36.4 Å². The standard InChI is InChI=1S/C14H11F2N3O/c1-20-12-4-2-3-11-13(12)18-14(17)19(11)10-6-5-8(15)7-9(10)16/h2-7H,1H3,(H2,17,18). The summed E-state index contributed by atoms with van der Waals surface area (Å²) in [7, 11) is 1.52. The van der Waals surface area contributed by atoms with Gasteiger partial charge in [0.15, 0.2) is 0 Å². The molecule has 20 heavy (non-hydrogen) atoms. The molecular weight excluding hydrogens is 264 g/mol. The summed E-state index contributed by atoms with van der Waals surface area (Å²) in [6.45, 7) is 0. The quantitative estimate of drug-likeness (QED) is 0.782. The fraction of sp³-hybridized carbons (Fsp3) is 0.0714. The molecule has 0 bridgehead atoms. The normalized spacial score (nSPS) is 10.9. The number of imidazole rings is 1. The van der Waals surface area contributed by atoms with Gasteiger partial charge in [0.2, 0.25) is 5.95 Å². The van der Waals surface area contributed by atoms with E-state index >= 15 is 0 Å². The maximum atomic E-state index is 13.9. The first-order valence-corrected chi connectivity index (χ1v) is 5.88. The minimum Gasteiger partial charge on any atom is -0.494 e. The highest BCUT2D eigenvalue weighted by Gasteiger charge is 2.16. The third-order valence-electron chi connectivity index (χ3n) is 3.04. The van der Waals surface area contributed by atoms with Gasteiger partial charge in [0.05, 0.1) is 18.3 Å². The fourth-order valence-corrected chi connectivity index (χ4v) is 2.17.